The maximum Gasteiger partial charge on any atom is 0.326 e. The summed E-state index contributed by atoms with van der Waals surface area (Å²) in [6.45, 7) is 5.90. The van der Waals surface area contributed by atoms with Crippen molar-refractivity contribution in [2.24, 2.45) is 0 Å². The average molecular weight is 206 g/mol. The van der Waals surface area contributed by atoms with Gasteiger partial charge in [-0.1, -0.05) is 0 Å². The van der Waals surface area contributed by atoms with E-state index in [-0.39, 0.29) is 17.0 Å². The van der Waals surface area contributed by atoms with E-state index in [9.17, 15) is 9.90 Å². The van der Waals surface area contributed by atoms with Gasteiger partial charge in [-0.15, -0.1) is 0 Å². The van der Waals surface area contributed by atoms with Gasteiger partial charge in [-0.25, -0.2) is 4.79 Å². The Kier molecular flexibility index (Phi) is 1.89. The number of benzene rings is 1. The first-order valence-corrected chi connectivity index (χ1v) is 4.84. The topological polar surface area (TPSA) is 58.0 Å². The number of rotatable bonds is 0. The van der Waals surface area contributed by atoms with Crippen LogP contribution in [-0.4, -0.2) is 14.7 Å². The summed E-state index contributed by atoms with van der Waals surface area (Å²) in [7, 11) is 0. The molecule has 2 rings (SSSR count). The molecule has 0 aliphatic heterocycles. The predicted molar refractivity (Wildman–Crippen MR) is 59.2 cm³/mol. The fraction of sp³-hybridized carbons (Fsp3) is 0.364. The number of imidazole rings is 1. The van der Waals surface area contributed by atoms with E-state index in [1.807, 2.05) is 20.8 Å². The van der Waals surface area contributed by atoms with Gasteiger partial charge in [0, 0.05) is 11.6 Å². The molecule has 0 aliphatic carbocycles. The van der Waals surface area contributed by atoms with Crippen LogP contribution in [0, 0.1) is 0 Å². The molecule has 0 amide bonds. The molecule has 15 heavy (non-hydrogen) atoms. The van der Waals surface area contributed by atoms with E-state index >= 15 is 0 Å². The van der Waals surface area contributed by atoms with Crippen molar-refractivity contribution in [3.63, 3.8) is 0 Å². The van der Waals surface area contributed by atoms with Crippen molar-refractivity contribution in [1.29, 1.82) is 0 Å². The number of fused-ring (bicyclic) bond motifs is 1. The molecule has 4 heteroatoms. The van der Waals surface area contributed by atoms with E-state index in [1.165, 1.54) is 0 Å². The van der Waals surface area contributed by atoms with Gasteiger partial charge < -0.3 is 10.1 Å². The van der Waals surface area contributed by atoms with Crippen LogP contribution in [0.2, 0.25) is 0 Å². The molecule has 80 valence electrons. The summed E-state index contributed by atoms with van der Waals surface area (Å²) in [5.41, 5.74) is 1.05. The van der Waals surface area contributed by atoms with E-state index in [0.717, 1.165) is 5.52 Å². The first-order valence-electron chi connectivity index (χ1n) is 4.84. The molecule has 0 saturated carbocycles. The molecular formula is C11H14N2O2. The fourth-order valence-corrected chi connectivity index (χ4v) is 1.77. The maximum absolute atomic E-state index is 11.7. The zero-order valence-electron chi connectivity index (χ0n) is 9.03. The van der Waals surface area contributed by atoms with Crippen LogP contribution in [0.3, 0.4) is 0 Å². The number of aromatic hydroxyl groups is 1. The van der Waals surface area contributed by atoms with Crippen molar-refractivity contribution in [2.75, 3.05) is 0 Å². The summed E-state index contributed by atoms with van der Waals surface area (Å²) in [5, 5.41) is 9.30. The number of aromatic amines is 1. The lowest BCUT2D eigenvalue weighted by Gasteiger charge is -2.20. The molecular weight excluding hydrogens is 192 g/mol. The third-order valence-electron chi connectivity index (χ3n) is 2.34. The van der Waals surface area contributed by atoms with Crippen LogP contribution in [0.4, 0.5) is 0 Å². The predicted octanol–water partition coefficient (Wildman–Crippen LogP) is 1.79. The summed E-state index contributed by atoms with van der Waals surface area (Å²) in [6, 6.07) is 4.88. The quantitative estimate of drug-likeness (QED) is 0.690. The van der Waals surface area contributed by atoms with Crippen molar-refractivity contribution >= 4 is 11.0 Å². The van der Waals surface area contributed by atoms with Crippen LogP contribution in [0.25, 0.3) is 11.0 Å². The Labute approximate surface area is 87.2 Å². The van der Waals surface area contributed by atoms with Crippen LogP contribution in [0.5, 0.6) is 5.75 Å². The van der Waals surface area contributed by atoms with Crippen LogP contribution in [-0.2, 0) is 5.54 Å². The number of phenolic OH excluding ortho intramolecular Hbond substituents is 1. The molecule has 2 aromatic rings. The number of nitrogens with zero attached hydrogens (tertiary/aromatic N) is 1. The van der Waals surface area contributed by atoms with Gasteiger partial charge in [-0.05, 0) is 32.9 Å². The highest BCUT2D eigenvalue weighted by molar-refractivity contribution is 5.77. The molecule has 0 atom stereocenters. The number of H-pyrrole nitrogens is 1. The Hall–Kier alpha value is -1.71. The van der Waals surface area contributed by atoms with E-state index in [4.69, 9.17) is 0 Å². The summed E-state index contributed by atoms with van der Waals surface area (Å²) in [6.07, 6.45) is 0. The van der Waals surface area contributed by atoms with E-state index in [2.05, 4.69) is 4.98 Å². The highest BCUT2D eigenvalue weighted by atomic mass is 16.3. The van der Waals surface area contributed by atoms with Crippen LogP contribution < -0.4 is 5.69 Å². The normalized spacial score (nSPS) is 12.2. The summed E-state index contributed by atoms with van der Waals surface area (Å²) >= 11 is 0. The Bertz CT molecular complexity index is 558. The van der Waals surface area contributed by atoms with Crippen molar-refractivity contribution in [1.82, 2.24) is 9.55 Å². The summed E-state index contributed by atoms with van der Waals surface area (Å²) < 4.78 is 1.68. The smallest absolute Gasteiger partial charge is 0.326 e. The second kappa shape index (κ2) is 2.89. The Morgan fingerprint density at radius 1 is 1.33 bits per heavy atom. The number of phenols is 1. The molecule has 0 bridgehead atoms. The zero-order chi connectivity index (χ0) is 11.2. The lowest BCUT2D eigenvalue weighted by atomic mass is 10.1. The standard InChI is InChI=1S/C11H14N2O2/c1-11(2,3)13-9-5-4-7(14)6-8(9)12-10(13)15/h4-6,14H,1-3H3,(H,12,15). The number of hydrogen-bond donors (Lipinski definition) is 2. The van der Waals surface area contributed by atoms with Gasteiger partial charge in [-0.3, -0.25) is 4.57 Å². The SMILES string of the molecule is CC(C)(C)n1c(=O)[nH]c2cc(O)ccc21. The third-order valence-corrected chi connectivity index (χ3v) is 2.34. The van der Waals surface area contributed by atoms with Crippen LogP contribution >= 0.6 is 0 Å². The van der Waals surface area contributed by atoms with Crippen LogP contribution in [0.15, 0.2) is 23.0 Å². The van der Waals surface area contributed by atoms with Gasteiger partial charge in [0.15, 0.2) is 0 Å². The van der Waals surface area contributed by atoms with Crippen molar-refractivity contribution in [2.45, 2.75) is 26.3 Å². The number of nitrogens with one attached hydrogen (secondary N) is 1. The van der Waals surface area contributed by atoms with E-state index in [0.29, 0.717) is 5.52 Å². The molecule has 0 saturated heterocycles. The molecule has 1 aromatic carbocycles. The minimum Gasteiger partial charge on any atom is -0.508 e. The van der Waals surface area contributed by atoms with E-state index < -0.39 is 0 Å². The highest BCUT2D eigenvalue weighted by Gasteiger charge is 2.19. The Morgan fingerprint density at radius 3 is 2.60 bits per heavy atom. The molecule has 2 N–H and O–H groups in total. The molecule has 0 spiro atoms. The second-order valence-electron chi connectivity index (χ2n) is 4.64. The van der Waals surface area contributed by atoms with E-state index in [1.54, 1.807) is 22.8 Å². The molecule has 0 aliphatic rings. The first-order chi connectivity index (χ1) is 6.89. The van der Waals surface area contributed by atoms with Gasteiger partial charge >= 0.3 is 5.69 Å². The highest BCUT2D eigenvalue weighted by Crippen LogP contribution is 2.22. The summed E-state index contributed by atoms with van der Waals surface area (Å²) in [4.78, 5) is 14.4. The second-order valence-corrected chi connectivity index (χ2v) is 4.64. The average Bonchev–Trinajstić information content (AvgIpc) is 2.38. The van der Waals surface area contributed by atoms with Crippen LogP contribution in [0.1, 0.15) is 20.8 Å². The maximum atomic E-state index is 11.7. The molecule has 1 heterocycles. The fourth-order valence-electron chi connectivity index (χ4n) is 1.77. The third kappa shape index (κ3) is 1.52. The van der Waals surface area contributed by atoms with Crippen molar-refractivity contribution in [3.8, 4) is 5.75 Å². The largest absolute Gasteiger partial charge is 0.508 e. The van der Waals surface area contributed by atoms with Gasteiger partial charge in [0.1, 0.15) is 5.75 Å². The Morgan fingerprint density at radius 2 is 2.00 bits per heavy atom. The van der Waals surface area contributed by atoms with Gasteiger partial charge in [0.05, 0.1) is 11.0 Å². The molecule has 0 fully saturated rings. The number of aromatic nitrogens is 2. The van der Waals surface area contributed by atoms with Gasteiger partial charge in [-0.2, -0.15) is 0 Å². The molecule has 4 nitrogen and oxygen atoms in total. The lowest BCUT2D eigenvalue weighted by Crippen LogP contribution is -2.31. The first kappa shape index (κ1) is 9.83. The van der Waals surface area contributed by atoms with Crippen molar-refractivity contribution in [3.05, 3.63) is 28.7 Å². The molecule has 1 aromatic heterocycles. The lowest BCUT2D eigenvalue weighted by molar-refractivity contribution is 0.397. The zero-order valence-corrected chi connectivity index (χ0v) is 9.03. The minimum atomic E-state index is -0.272. The minimum absolute atomic E-state index is 0.150. The van der Waals surface area contributed by atoms with Gasteiger partial charge in [0.25, 0.3) is 0 Å². The monoisotopic (exact) mass is 206 g/mol. The molecule has 0 unspecified atom stereocenters. The Balaban J connectivity index is 2.86. The molecule has 0 radical (unpaired) electrons. The number of hydrogen-bond acceptors (Lipinski definition) is 2. The van der Waals surface area contributed by atoms with Gasteiger partial charge in [0.2, 0.25) is 0 Å². The van der Waals surface area contributed by atoms with Crippen molar-refractivity contribution < 1.29 is 5.11 Å². The summed E-state index contributed by atoms with van der Waals surface area (Å²) in [5.74, 6) is 0.157.